The first-order valence-electron chi connectivity index (χ1n) is 5.38. The molecule has 0 saturated heterocycles. The minimum atomic E-state index is 0.519. The molecular formula is C12H14N4S. The largest absolute Gasteiger partial charge is 0.393 e. The second-order valence-corrected chi connectivity index (χ2v) is 4.38. The number of nitrogens with zero attached hydrogens (tertiary/aromatic N) is 3. The fourth-order valence-corrected chi connectivity index (χ4v) is 1.62. The van der Waals surface area contributed by atoms with Gasteiger partial charge in [-0.25, -0.2) is 4.98 Å². The van der Waals surface area contributed by atoms with E-state index in [0.29, 0.717) is 11.4 Å². The number of benzene rings is 1. The van der Waals surface area contributed by atoms with Crippen LogP contribution in [0.1, 0.15) is 6.42 Å². The Hall–Kier alpha value is -1.75. The van der Waals surface area contributed by atoms with Crippen LogP contribution in [0.3, 0.4) is 0 Å². The predicted octanol–water partition coefficient (Wildman–Crippen LogP) is 1.74. The normalized spacial score (nSPS) is 10.4. The van der Waals surface area contributed by atoms with Crippen LogP contribution in [0.4, 0.5) is 5.82 Å². The molecule has 0 spiro atoms. The standard InChI is InChI=1S/C12H14N4S/c1-16(7-6-11(13)17)12-8-14-9-4-2-3-5-10(9)15-12/h2-5,8H,6-7H2,1H3,(H2,13,17). The Labute approximate surface area is 105 Å². The Balaban J connectivity index is 2.20. The first-order chi connectivity index (χ1) is 8.16. The molecule has 5 heteroatoms. The number of aromatic nitrogens is 2. The number of anilines is 1. The smallest absolute Gasteiger partial charge is 0.147 e. The van der Waals surface area contributed by atoms with Gasteiger partial charge in [-0.15, -0.1) is 0 Å². The SMILES string of the molecule is CN(CCC(N)=S)c1cnc2ccccc2n1. The zero-order chi connectivity index (χ0) is 12.3. The molecule has 0 amide bonds. The highest BCUT2D eigenvalue weighted by Crippen LogP contribution is 2.14. The third kappa shape index (κ3) is 2.88. The molecule has 2 N–H and O–H groups in total. The number of fused-ring (bicyclic) bond motifs is 1. The highest BCUT2D eigenvalue weighted by Gasteiger charge is 2.04. The van der Waals surface area contributed by atoms with Crippen molar-refractivity contribution in [2.24, 2.45) is 5.73 Å². The van der Waals surface area contributed by atoms with Gasteiger partial charge in [-0.3, -0.25) is 4.98 Å². The summed E-state index contributed by atoms with van der Waals surface area (Å²) >= 11 is 4.86. The molecule has 0 aliphatic heterocycles. The van der Waals surface area contributed by atoms with Crippen LogP contribution >= 0.6 is 12.2 Å². The number of para-hydroxylation sites is 2. The maximum atomic E-state index is 5.48. The van der Waals surface area contributed by atoms with Crippen LogP contribution in [-0.2, 0) is 0 Å². The van der Waals surface area contributed by atoms with E-state index in [-0.39, 0.29) is 0 Å². The van der Waals surface area contributed by atoms with Gasteiger partial charge in [0.25, 0.3) is 0 Å². The molecule has 0 unspecified atom stereocenters. The Morgan fingerprint density at radius 1 is 1.35 bits per heavy atom. The van der Waals surface area contributed by atoms with Gasteiger partial charge < -0.3 is 10.6 Å². The van der Waals surface area contributed by atoms with Gasteiger partial charge in [0.2, 0.25) is 0 Å². The molecule has 1 aromatic carbocycles. The van der Waals surface area contributed by atoms with Gasteiger partial charge in [0.05, 0.1) is 22.2 Å². The van der Waals surface area contributed by atoms with Gasteiger partial charge in [0, 0.05) is 20.0 Å². The lowest BCUT2D eigenvalue weighted by Crippen LogP contribution is -2.24. The summed E-state index contributed by atoms with van der Waals surface area (Å²) in [5.41, 5.74) is 7.28. The van der Waals surface area contributed by atoms with E-state index < -0.39 is 0 Å². The molecule has 0 aliphatic carbocycles. The lowest BCUT2D eigenvalue weighted by molar-refractivity contribution is 0.898. The molecule has 2 rings (SSSR count). The molecule has 0 aliphatic rings. The van der Waals surface area contributed by atoms with Crippen molar-refractivity contribution < 1.29 is 0 Å². The first kappa shape index (κ1) is 11.7. The summed E-state index contributed by atoms with van der Waals surface area (Å²) < 4.78 is 0. The van der Waals surface area contributed by atoms with Crippen LogP contribution < -0.4 is 10.6 Å². The van der Waals surface area contributed by atoms with Crippen LogP contribution in [0.2, 0.25) is 0 Å². The summed E-state index contributed by atoms with van der Waals surface area (Å²) in [5, 5.41) is 0. The van der Waals surface area contributed by atoms with Gasteiger partial charge in [0.1, 0.15) is 5.82 Å². The minimum absolute atomic E-state index is 0.519. The van der Waals surface area contributed by atoms with Crippen molar-refractivity contribution in [3.05, 3.63) is 30.5 Å². The molecule has 0 radical (unpaired) electrons. The quantitative estimate of drug-likeness (QED) is 0.833. The number of nitrogens with two attached hydrogens (primary N) is 1. The average Bonchev–Trinajstić information content (AvgIpc) is 2.35. The van der Waals surface area contributed by atoms with E-state index >= 15 is 0 Å². The molecule has 1 heterocycles. The molecule has 4 nitrogen and oxygen atoms in total. The molecule has 88 valence electrons. The van der Waals surface area contributed by atoms with E-state index in [1.165, 1.54) is 0 Å². The summed E-state index contributed by atoms with van der Waals surface area (Å²) in [5.74, 6) is 0.833. The van der Waals surface area contributed by atoms with Crippen molar-refractivity contribution in [2.75, 3.05) is 18.5 Å². The van der Waals surface area contributed by atoms with Crippen LogP contribution in [-0.4, -0.2) is 28.5 Å². The van der Waals surface area contributed by atoms with Gasteiger partial charge >= 0.3 is 0 Å². The fourth-order valence-electron chi connectivity index (χ4n) is 1.52. The van der Waals surface area contributed by atoms with Crippen LogP contribution in [0.25, 0.3) is 11.0 Å². The summed E-state index contributed by atoms with van der Waals surface area (Å²) in [6.07, 6.45) is 2.45. The molecule has 0 saturated carbocycles. The van der Waals surface area contributed by atoms with Gasteiger partial charge in [-0.05, 0) is 12.1 Å². The zero-order valence-corrected chi connectivity index (χ0v) is 10.4. The van der Waals surface area contributed by atoms with Crippen molar-refractivity contribution >= 4 is 34.1 Å². The maximum absolute atomic E-state index is 5.48. The Kier molecular flexibility index (Phi) is 3.49. The molecule has 0 atom stereocenters. The maximum Gasteiger partial charge on any atom is 0.147 e. The molecule has 2 aromatic rings. The van der Waals surface area contributed by atoms with Gasteiger partial charge in [0.15, 0.2) is 0 Å². The summed E-state index contributed by atoms with van der Waals surface area (Å²) in [4.78, 5) is 11.4. The van der Waals surface area contributed by atoms with E-state index in [1.54, 1.807) is 6.20 Å². The average molecular weight is 246 g/mol. The number of hydrogen-bond donors (Lipinski definition) is 1. The number of hydrogen-bond acceptors (Lipinski definition) is 4. The monoisotopic (exact) mass is 246 g/mol. The Morgan fingerprint density at radius 2 is 2.06 bits per heavy atom. The van der Waals surface area contributed by atoms with Crippen LogP contribution in [0, 0.1) is 0 Å². The summed E-state index contributed by atoms with van der Waals surface area (Å²) in [6, 6.07) is 7.80. The van der Waals surface area contributed by atoms with Crippen molar-refractivity contribution in [3.8, 4) is 0 Å². The summed E-state index contributed by atoms with van der Waals surface area (Å²) in [6.45, 7) is 0.752. The predicted molar refractivity (Wildman–Crippen MR) is 74.2 cm³/mol. The van der Waals surface area contributed by atoms with Crippen LogP contribution in [0.5, 0.6) is 0 Å². The van der Waals surface area contributed by atoms with Crippen molar-refractivity contribution in [2.45, 2.75) is 6.42 Å². The van der Waals surface area contributed by atoms with Crippen molar-refractivity contribution in [3.63, 3.8) is 0 Å². The summed E-state index contributed by atoms with van der Waals surface area (Å²) in [7, 11) is 1.96. The van der Waals surface area contributed by atoms with Crippen molar-refractivity contribution in [1.29, 1.82) is 0 Å². The van der Waals surface area contributed by atoms with Crippen LogP contribution in [0.15, 0.2) is 30.5 Å². The lowest BCUT2D eigenvalue weighted by Gasteiger charge is -2.17. The third-order valence-electron chi connectivity index (χ3n) is 2.52. The minimum Gasteiger partial charge on any atom is -0.393 e. The zero-order valence-electron chi connectivity index (χ0n) is 9.63. The van der Waals surface area contributed by atoms with E-state index in [4.69, 9.17) is 18.0 Å². The highest BCUT2D eigenvalue weighted by molar-refractivity contribution is 7.80. The van der Waals surface area contributed by atoms with E-state index in [0.717, 1.165) is 23.4 Å². The molecule has 1 aromatic heterocycles. The third-order valence-corrected chi connectivity index (χ3v) is 2.72. The molecule has 17 heavy (non-hydrogen) atoms. The Bertz CT molecular complexity index is 541. The van der Waals surface area contributed by atoms with Crippen molar-refractivity contribution in [1.82, 2.24) is 9.97 Å². The van der Waals surface area contributed by atoms with E-state index in [2.05, 4.69) is 9.97 Å². The molecule has 0 bridgehead atoms. The number of rotatable bonds is 4. The second-order valence-electron chi connectivity index (χ2n) is 3.85. The first-order valence-corrected chi connectivity index (χ1v) is 5.79. The van der Waals surface area contributed by atoms with E-state index in [1.807, 2.05) is 36.2 Å². The topological polar surface area (TPSA) is 55.0 Å². The molecule has 0 fully saturated rings. The Morgan fingerprint density at radius 3 is 2.76 bits per heavy atom. The lowest BCUT2D eigenvalue weighted by atomic mass is 10.3. The van der Waals surface area contributed by atoms with Gasteiger partial charge in [-0.2, -0.15) is 0 Å². The fraction of sp³-hybridized carbons (Fsp3) is 0.250. The second kappa shape index (κ2) is 5.05. The number of thiocarbonyl (C=S) groups is 1. The molecular weight excluding hydrogens is 232 g/mol. The van der Waals surface area contributed by atoms with E-state index in [9.17, 15) is 0 Å². The van der Waals surface area contributed by atoms with Gasteiger partial charge in [-0.1, -0.05) is 24.4 Å². The highest BCUT2D eigenvalue weighted by atomic mass is 32.1.